The van der Waals surface area contributed by atoms with Gasteiger partial charge in [-0.25, -0.2) is 0 Å². The number of hydrogen-bond acceptors (Lipinski definition) is 5. The molecule has 2 unspecified atom stereocenters. The Balaban J connectivity index is 2.07. The molecule has 0 spiro atoms. The average Bonchev–Trinajstić information content (AvgIpc) is 2.71. The summed E-state index contributed by atoms with van der Waals surface area (Å²) in [5.74, 6) is 0.827. The lowest BCUT2D eigenvalue weighted by atomic mass is 9.96. The van der Waals surface area contributed by atoms with Crippen molar-refractivity contribution in [2.45, 2.75) is 39.2 Å². The Morgan fingerprint density at radius 1 is 1.44 bits per heavy atom. The highest BCUT2D eigenvalue weighted by atomic mass is 32.1. The second-order valence-electron chi connectivity index (χ2n) is 4.86. The number of β-amino-alcohol motifs (C(OH)–C–C–N with tert-alkyl or cyclic N) is 1. The van der Waals surface area contributed by atoms with Gasteiger partial charge in [-0.05, 0) is 12.3 Å². The van der Waals surface area contributed by atoms with E-state index in [9.17, 15) is 5.11 Å². The summed E-state index contributed by atoms with van der Waals surface area (Å²) in [4.78, 5) is 2.15. The molecule has 5 heteroatoms. The molecule has 16 heavy (non-hydrogen) atoms. The third kappa shape index (κ3) is 2.35. The van der Waals surface area contributed by atoms with Gasteiger partial charge in [-0.3, -0.25) is 0 Å². The van der Waals surface area contributed by atoms with E-state index in [1.807, 2.05) is 0 Å². The van der Waals surface area contributed by atoms with Gasteiger partial charge in [-0.15, -0.1) is 10.2 Å². The fraction of sp³-hybridized carbons (Fsp3) is 0.818. The summed E-state index contributed by atoms with van der Waals surface area (Å²) in [6.07, 6.45) is 0.790. The van der Waals surface area contributed by atoms with Crippen molar-refractivity contribution in [3.8, 4) is 0 Å². The van der Waals surface area contributed by atoms with E-state index in [0.29, 0.717) is 18.4 Å². The molecule has 1 aliphatic heterocycles. The Labute approximate surface area is 100 Å². The zero-order valence-corrected chi connectivity index (χ0v) is 10.9. The van der Waals surface area contributed by atoms with Crippen LogP contribution in [0.15, 0.2) is 0 Å². The summed E-state index contributed by atoms with van der Waals surface area (Å²) < 4.78 is 0. The molecular weight excluding hydrogens is 222 g/mol. The molecular formula is C11H19N3OS. The van der Waals surface area contributed by atoms with Crippen LogP contribution in [0, 0.1) is 5.92 Å². The molecule has 1 saturated heterocycles. The molecule has 1 N–H and O–H groups in total. The molecule has 2 heterocycles. The number of aliphatic hydroxyl groups is 1. The summed E-state index contributed by atoms with van der Waals surface area (Å²) >= 11 is 1.64. The first-order valence-corrected chi connectivity index (χ1v) is 6.66. The van der Waals surface area contributed by atoms with Crippen molar-refractivity contribution in [1.29, 1.82) is 0 Å². The van der Waals surface area contributed by atoms with E-state index in [-0.39, 0.29) is 6.10 Å². The molecule has 1 aromatic rings. The lowest BCUT2D eigenvalue weighted by Crippen LogP contribution is -2.42. The second kappa shape index (κ2) is 4.67. The van der Waals surface area contributed by atoms with Gasteiger partial charge in [0, 0.05) is 19.0 Å². The van der Waals surface area contributed by atoms with E-state index in [1.54, 1.807) is 11.3 Å². The maximum atomic E-state index is 9.84. The molecule has 1 aromatic heterocycles. The monoisotopic (exact) mass is 241 g/mol. The summed E-state index contributed by atoms with van der Waals surface area (Å²) in [7, 11) is 0. The maximum absolute atomic E-state index is 9.84. The predicted octanol–water partition coefficient (Wildman–Crippen LogP) is 1.87. The Morgan fingerprint density at radius 3 is 2.75 bits per heavy atom. The van der Waals surface area contributed by atoms with Crippen LogP contribution in [-0.2, 0) is 0 Å². The Morgan fingerprint density at radius 2 is 2.19 bits per heavy atom. The van der Waals surface area contributed by atoms with Crippen LogP contribution in [0.1, 0.15) is 38.1 Å². The van der Waals surface area contributed by atoms with Crippen LogP contribution < -0.4 is 4.90 Å². The summed E-state index contributed by atoms with van der Waals surface area (Å²) in [5, 5.41) is 20.2. The first-order chi connectivity index (χ1) is 7.58. The third-order valence-corrected chi connectivity index (χ3v) is 4.40. The number of aromatic nitrogens is 2. The van der Waals surface area contributed by atoms with Gasteiger partial charge >= 0.3 is 0 Å². The fourth-order valence-electron chi connectivity index (χ4n) is 1.81. The number of rotatable bonds is 2. The van der Waals surface area contributed by atoms with Crippen LogP contribution >= 0.6 is 11.3 Å². The van der Waals surface area contributed by atoms with Crippen LogP contribution in [0.5, 0.6) is 0 Å². The van der Waals surface area contributed by atoms with Gasteiger partial charge in [0.05, 0.1) is 6.10 Å². The minimum absolute atomic E-state index is 0.236. The molecule has 0 aromatic carbocycles. The lowest BCUT2D eigenvalue weighted by Gasteiger charge is -2.33. The maximum Gasteiger partial charge on any atom is 0.208 e. The molecule has 0 bridgehead atoms. The topological polar surface area (TPSA) is 49.2 Å². The minimum Gasteiger partial charge on any atom is -0.391 e. The van der Waals surface area contributed by atoms with Crippen LogP contribution in [0.3, 0.4) is 0 Å². The average molecular weight is 241 g/mol. The number of aliphatic hydroxyl groups excluding tert-OH is 1. The van der Waals surface area contributed by atoms with Gasteiger partial charge in [0.2, 0.25) is 5.13 Å². The Hall–Kier alpha value is -0.680. The van der Waals surface area contributed by atoms with Crippen LogP contribution in [0.25, 0.3) is 0 Å². The Kier molecular flexibility index (Phi) is 3.44. The van der Waals surface area contributed by atoms with Crippen molar-refractivity contribution in [1.82, 2.24) is 10.2 Å². The second-order valence-corrected chi connectivity index (χ2v) is 5.84. The van der Waals surface area contributed by atoms with Gasteiger partial charge in [0.1, 0.15) is 5.01 Å². The van der Waals surface area contributed by atoms with Crippen molar-refractivity contribution >= 4 is 16.5 Å². The molecule has 2 rings (SSSR count). The van der Waals surface area contributed by atoms with Crippen LogP contribution in [0.4, 0.5) is 5.13 Å². The summed E-state index contributed by atoms with van der Waals surface area (Å²) in [6, 6.07) is 0. The highest BCUT2D eigenvalue weighted by molar-refractivity contribution is 7.15. The Bertz CT molecular complexity index is 353. The number of piperidine rings is 1. The molecule has 2 atom stereocenters. The summed E-state index contributed by atoms with van der Waals surface area (Å²) in [6.45, 7) is 8.01. The van der Waals surface area contributed by atoms with Gasteiger partial charge in [-0.1, -0.05) is 32.1 Å². The lowest BCUT2D eigenvalue weighted by molar-refractivity contribution is 0.103. The van der Waals surface area contributed by atoms with Gasteiger partial charge in [0.15, 0.2) is 0 Å². The van der Waals surface area contributed by atoms with E-state index in [1.165, 1.54) is 0 Å². The molecule has 1 aliphatic rings. The number of anilines is 1. The summed E-state index contributed by atoms with van der Waals surface area (Å²) in [5.41, 5.74) is 0. The van der Waals surface area contributed by atoms with E-state index in [4.69, 9.17) is 0 Å². The van der Waals surface area contributed by atoms with Crippen molar-refractivity contribution in [2.24, 2.45) is 5.92 Å². The standard InChI is InChI=1S/C11H19N3OS/c1-7(2)10-12-13-11(16-10)14-5-4-8(3)9(15)6-14/h7-9,15H,4-6H2,1-3H3. The SMILES string of the molecule is CC(C)c1nnc(N2CCC(C)C(O)C2)s1. The minimum atomic E-state index is -0.236. The molecule has 4 nitrogen and oxygen atoms in total. The van der Waals surface area contributed by atoms with Crippen LogP contribution in [-0.4, -0.2) is 34.5 Å². The molecule has 0 radical (unpaired) electrons. The highest BCUT2D eigenvalue weighted by Gasteiger charge is 2.26. The largest absolute Gasteiger partial charge is 0.391 e. The van der Waals surface area contributed by atoms with Crippen molar-refractivity contribution < 1.29 is 5.11 Å². The third-order valence-electron chi connectivity index (χ3n) is 3.11. The van der Waals surface area contributed by atoms with Gasteiger partial charge < -0.3 is 10.0 Å². The number of nitrogens with zero attached hydrogens (tertiary/aromatic N) is 3. The zero-order valence-electron chi connectivity index (χ0n) is 10.1. The smallest absolute Gasteiger partial charge is 0.208 e. The first-order valence-electron chi connectivity index (χ1n) is 5.84. The molecule has 90 valence electrons. The van der Waals surface area contributed by atoms with E-state index in [2.05, 4.69) is 35.9 Å². The molecule has 1 fully saturated rings. The van der Waals surface area contributed by atoms with E-state index >= 15 is 0 Å². The van der Waals surface area contributed by atoms with Crippen molar-refractivity contribution in [2.75, 3.05) is 18.0 Å². The van der Waals surface area contributed by atoms with Crippen molar-refractivity contribution in [3.05, 3.63) is 5.01 Å². The van der Waals surface area contributed by atoms with Gasteiger partial charge in [0.25, 0.3) is 0 Å². The van der Waals surface area contributed by atoms with E-state index in [0.717, 1.165) is 23.1 Å². The normalized spacial score (nSPS) is 26.4. The highest BCUT2D eigenvalue weighted by Crippen LogP contribution is 2.28. The zero-order chi connectivity index (χ0) is 11.7. The molecule has 0 aliphatic carbocycles. The van der Waals surface area contributed by atoms with E-state index < -0.39 is 0 Å². The molecule has 0 amide bonds. The van der Waals surface area contributed by atoms with Gasteiger partial charge in [-0.2, -0.15) is 0 Å². The quantitative estimate of drug-likeness (QED) is 0.858. The number of hydrogen-bond donors (Lipinski definition) is 1. The fourth-order valence-corrected chi connectivity index (χ4v) is 2.69. The van der Waals surface area contributed by atoms with Crippen LogP contribution in [0.2, 0.25) is 0 Å². The predicted molar refractivity (Wildman–Crippen MR) is 66.0 cm³/mol. The molecule has 0 saturated carbocycles. The first kappa shape index (κ1) is 11.8. The van der Waals surface area contributed by atoms with Crippen molar-refractivity contribution in [3.63, 3.8) is 0 Å².